The standard InChI is InChI=1S/C11H21N3O/c1-13-6-5-10(7-13)12-9-3-4-11(15)14(2)8-9/h9-10,12H,3-8H2,1-2H3. The number of carbonyl (C=O) groups is 1. The van der Waals surface area contributed by atoms with Crippen LogP contribution in [0.15, 0.2) is 0 Å². The average Bonchev–Trinajstić information content (AvgIpc) is 2.58. The van der Waals surface area contributed by atoms with Gasteiger partial charge in [0.15, 0.2) is 0 Å². The predicted octanol–water partition coefficient (Wildman–Crippen LogP) is -0.0991. The molecule has 0 aliphatic carbocycles. The highest BCUT2D eigenvalue weighted by Gasteiger charge is 2.27. The van der Waals surface area contributed by atoms with Crippen molar-refractivity contribution in [3.63, 3.8) is 0 Å². The molecular weight excluding hydrogens is 190 g/mol. The largest absolute Gasteiger partial charge is 0.344 e. The fourth-order valence-corrected chi connectivity index (χ4v) is 2.55. The fourth-order valence-electron chi connectivity index (χ4n) is 2.55. The van der Waals surface area contributed by atoms with Crippen LogP contribution < -0.4 is 5.32 Å². The van der Waals surface area contributed by atoms with Crippen molar-refractivity contribution in [2.75, 3.05) is 33.7 Å². The van der Waals surface area contributed by atoms with Crippen LogP contribution in [0.2, 0.25) is 0 Å². The number of rotatable bonds is 2. The lowest BCUT2D eigenvalue weighted by Gasteiger charge is -2.32. The molecule has 1 amide bonds. The van der Waals surface area contributed by atoms with Gasteiger partial charge in [-0.15, -0.1) is 0 Å². The SMILES string of the molecule is CN1CCC(NC2CCC(=O)N(C)C2)C1. The van der Waals surface area contributed by atoms with Crippen LogP contribution in [0, 0.1) is 0 Å². The fraction of sp³-hybridized carbons (Fsp3) is 0.909. The van der Waals surface area contributed by atoms with Crippen molar-refractivity contribution in [1.29, 1.82) is 0 Å². The molecular formula is C11H21N3O. The Morgan fingerprint density at radius 1 is 1.20 bits per heavy atom. The summed E-state index contributed by atoms with van der Waals surface area (Å²) in [5.41, 5.74) is 0. The highest BCUT2D eigenvalue weighted by atomic mass is 16.2. The van der Waals surface area contributed by atoms with E-state index < -0.39 is 0 Å². The van der Waals surface area contributed by atoms with Gasteiger partial charge >= 0.3 is 0 Å². The molecule has 0 aromatic rings. The Kier molecular flexibility index (Phi) is 3.26. The minimum atomic E-state index is 0.289. The van der Waals surface area contributed by atoms with Gasteiger partial charge in [0.05, 0.1) is 0 Å². The number of likely N-dealkylation sites (tertiary alicyclic amines) is 2. The molecule has 15 heavy (non-hydrogen) atoms. The molecule has 2 rings (SSSR count). The normalized spacial score (nSPS) is 33.7. The van der Waals surface area contributed by atoms with E-state index in [1.54, 1.807) is 0 Å². The smallest absolute Gasteiger partial charge is 0.222 e. The molecule has 0 aromatic heterocycles. The molecule has 2 aliphatic rings. The molecule has 4 nitrogen and oxygen atoms in total. The van der Waals surface area contributed by atoms with E-state index in [2.05, 4.69) is 17.3 Å². The number of amides is 1. The second kappa shape index (κ2) is 4.49. The summed E-state index contributed by atoms with van der Waals surface area (Å²) in [5.74, 6) is 0.289. The van der Waals surface area contributed by atoms with Gasteiger partial charge in [0.2, 0.25) is 5.91 Å². The summed E-state index contributed by atoms with van der Waals surface area (Å²) in [6, 6.07) is 1.13. The molecule has 2 unspecified atom stereocenters. The minimum Gasteiger partial charge on any atom is -0.344 e. The van der Waals surface area contributed by atoms with Gasteiger partial charge in [-0.1, -0.05) is 0 Å². The topological polar surface area (TPSA) is 35.6 Å². The van der Waals surface area contributed by atoms with E-state index in [0.717, 1.165) is 19.5 Å². The molecule has 2 atom stereocenters. The predicted molar refractivity (Wildman–Crippen MR) is 59.7 cm³/mol. The van der Waals surface area contributed by atoms with Gasteiger partial charge in [0.1, 0.15) is 0 Å². The Balaban J connectivity index is 1.78. The van der Waals surface area contributed by atoms with Gasteiger partial charge in [-0.25, -0.2) is 0 Å². The van der Waals surface area contributed by atoms with Gasteiger partial charge in [-0.2, -0.15) is 0 Å². The van der Waals surface area contributed by atoms with Crippen LogP contribution in [0.5, 0.6) is 0 Å². The summed E-state index contributed by atoms with van der Waals surface area (Å²) in [7, 11) is 4.06. The highest BCUT2D eigenvalue weighted by Crippen LogP contribution is 2.13. The summed E-state index contributed by atoms with van der Waals surface area (Å²) < 4.78 is 0. The second-order valence-corrected chi connectivity index (χ2v) is 4.92. The molecule has 2 fully saturated rings. The molecule has 4 heteroatoms. The van der Waals surface area contributed by atoms with E-state index in [0.29, 0.717) is 18.5 Å². The van der Waals surface area contributed by atoms with E-state index in [-0.39, 0.29) is 5.91 Å². The van der Waals surface area contributed by atoms with Gasteiger partial charge in [-0.05, 0) is 26.4 Å². The molecule has 0 aromatic carbocycles. The maximum absolute atomic E-state index is 11.3. The average molecular weight is 211 g/mol. The molecule has 2 saturated heterocycles. The summed E-state index contributed by atoms with van der Waals surface area (Å²) >= 11 is 0. The lowest BCUT2D eigenvalue weighted by atomic mass is 10.0. The Hall–Kier alpha value is -0.610. The second-order valence-electron chi connectivity index (χ2n) is 4.92. The van der Waals surface area contributed by atoms with Crippen molar-refractivity contribution < 1.29 is 4.79 Å². The lowest BCUT2D eigenvalue weighted by Crippen LogP contribution is -2.50. The van der Waals surface area contributed by atoms with Gasteiger partial charge < -0.3 is 15.1 Å². The van der Waals surface area contributed by atoms with Crippen molar-refractivity contribution in [1.82, 2.24) is 15.1 Å². The van der Waals surface area contributed by atoms with Gasteiger partial charge in [-0.3, -0.25) is 4.79 Å². The Morgan fingerprint density at radius 2 is 1.93 bits per heavy atom. The van der Waals surface area contributed by atoms with Crippen LogP contribution in [0.3, 0.4) is 0 Å². The first kappa shape index (κ1) is 10.9. The van der Waals surface area contributed by atoms with Crippen molar-refractivity contribution in [2.24, 2.45) is 0 Å². The monoisotopic (exact) mass is 211 g/mol. The molecule has 0 bridgehead atoms. The van der Waals surface area contributed by atoms with Crippen molar-refractivity contribution in [3.05, 3.63) is 0 Å². The van der Waals surface area contributed by atoms with Crippen LogP contribution in [-0.2, 0) is 4.79 Å². The Morgan fingerprint density at radius 3 is 2.53 bits per heavy atom. The molecule has 2 heterocycles. The van der Waals surface area contributed by atoms with Crippen LogP contribution in [0.25, 0.3) is 0 Å². The summed E-state index contributed by atoms with van der Waals surface area (Å²) in [5, 5.41) is 3.66. The molecule has 0 radical (unpaired) electrons. The first-order valence-corrected chi connectivity index (χ1v) is 5.83. The quantitative estimate of drug-likeness (QED) is 0.693. The van der Waals surface area contributed by atoms with Crippen LogP contribution in [0.4, 0.5) is 0 Å². The minimum absolute atomic E-state index is 0.289. The molecule has 86 valence electrons. The first-order chi connectivity index (χ1) is 7.15. The van der Waals surface area contributed by atoms with Gasteiger partial charge in [0, 0.05) is 38.6 Å². The summed E-state index contributed by atoms with van der Waals surface area (Å²) in [6.07, 6.45) is 2.95. The number of piperidine rings is 1. The molecule has 2 aliphatic heterocycles. The van der Waals surface area contributed by atoms with E-state index in [4.69, 9.17) is 0 Å². The number of hydrogen-bond donors (Lipinski definition) is 1. The van der Waals surface area contributed by atoms with Crippen LogP contribution in [-0.4, -0.2) is 61.5 Å². The van der Waals surface area contributed by atoms with E-state index in [9.17, 15) is 4.79 Å². The Bertz CT molecular complexity index is 244. The molecule has 0 saturated carbocycles. The van der Waals surface area contributed by atoms with Crippen LogP contribution in [0.1, 0.15) is 19.3 Å². The highest BCUT2D eigenvalue weighted by molar-refractivity contribution is 5.76. The third-order valence-electron chi connectivity index (χ3n) is 3.49. The molecule has 1 N–H and O–H groups in total. The van der Waals surface area contributed by atoms with E-state index in [1.165, 1.54) is 13.0 Å². The maximum atomic E-state index is 11.3. The number of nitrogens with zero attached hydrogens (tertiary/aromatic N) is 2. The van der Waals surface area contributed by atoms with E-state index >= 15 is 0 Å². The first-order valence-electron chi connectivity index (χ1n) is 5.83. The third kappa shape index (κ3) is 2.69. The zero-order valence-corrected chi connectivity index (χ0v) is 9.70. The van der Waals surface area contributed by atoms with Crippen LogP contribution >= 0.6 is 0 Å². The molecule has 0 spiro atoms. The zero-order chi connectivity index (χ0) is 10.8. The third-order valence-corrected chi connectivity index (χ3v) is 3.49. The summed E-state index contributed by atoms with van der Waals surface area (Å²) in [4.78, 5) is 15.5. The lowest BCUT2D eigenvalue weighted by molar-refractivity contribution is -0.132. The maximum Gasteiger partial charge on any atom is 0.222 e. The number of carbonyl (C=O) groups excluding carboxylic acids is 1. The Labute approximate surface area is 91.6 Å². The van der Waals surface area contributed by atoms with Crippen molar-refractivity contribution in [2.45, 2.75) is 31.3 Å². The zero-order valence-electron chi connectivity index (χ0n) is 9.70. The van der Waals surface area contributed by atoms with E-state index in [1.807, 2.05) is 11.9 Å². The number of nitrogens with one attached hydrogen (secondary N) is 1. The number of hydrogen-bond acceptors (Lipinski definition) is 3. The summed E-state index contributed by atoms with van der Waals surface area (Å²) in [6.45, 7) is 3.21. The number of likely N-dealkylation sites (N-methyl/N-ethyl adjacent to an activating group) is 2. The van der Waals surface area contributed by atoms with Gasteiger partial charge in [0.25, 0.3) is 0 Å². The van der Waals surface area contributed by atoms with Crippen molar-refractivity contribution >= 4 is 5.91 Å². The van der Waals surface area contributed by atoms with Crippen molar-refractivity contribution in [3.8, 4) is 0 Å².